The third kappa shape index (κ3) is 4.06. The van der Waals surface area contributed by atoms with Crippen molar-refractivity contribution >= 4 is 15.7 Å². The molecule has 3 N–H and O–H groups in total. The van der Waals surface area contributed by atoms with Gasteiger partial charge < -0.3 is 11.1 Å². The first-order valence-corrected chi connectivity index (χ1v) is 6.51. The fourth-order valence-corrected chi connectivity index (χ4v) is 3.24. The Hall–Kier alpha value is -0.620. The molecule has 0 radical (unpaired) electrons. The van der Waals surface area contributed by atoms with Gasteiger partial charge in [0.15, 0.2) is 9.84 Å². The number of carbonyl (C=O) groups excluding carboxylic acids is 1. The smallest absolute Gasteiger partial charge is 0.218 e. The molecule has 82 valence electrons. The number of hydrogen-bond donors (Lipinski definition) is 2. The lowest BCUT2D eigenvalue weighted by Gasteiger charge is -2.08. The number of nitrogens with one attached hydrogen (secondary N) is 1. The molecule has 1 heterocycles. The Morgan fingerprint density at radius 3 is 2.71 bits per heavy atom. The molecule has 14 heavy (non-hydrogen) atoms. The number of rotatable bonds is 5. The van der Waals surface area contributed by atoms with Crippen LogP contribution in [0.25, 0.3) is 0 Å². The average molecular weight is 220 g/mol. The summed E-state index contributed by atoms with van der Waals surface area (Å²) in [5, 5.41) is 3.10. The maximum atomic E-state index is 11.5. The van der Waals surface area contributed by atoms with Crippen molar-refractivity contribution < 1.29 is 13.2 Å². The lowest BCUT2D eigenvalue weighted by Crippen LogP contribution is -2.23. The Kier molecular flexibility index (Phi) is 3.88. The van der Waals surface area contributed by atoms with Gasteiger partial charge in [-0.15, -0.1) is 0 Å². The van der Waals surface area contributed by atoms with Gasteiger partial charge in [-0.2, -0.15) is 0 Å². The highest BCUT2D eigenvalue weighted by atomic mass is 32.2. The van der Waals surface area contributed by atoms with Gasteiger partial charge in [-0.1, -0.05) is 0 Å². The van der Waals surface area contributed by atoms with E-state index in [-0.39, 0.29) is 23.8 Å². The van der Waals surface area contributed by atoms with Crippen LogP contribution in [0.2, 0.25) is 0 Å². The van der Waals surface area contributed by atoms with E-state index in [0.29, 0.717) is 0 Å². The van der Waals surface area contributed by atoms with Gasteiger partial charge in [-0.3, -0.25) is 4.79 Å². The van der Waals surface area contributed by atoms with Gasteiger partial charge >= 0.3 is 0 Å². The van der Waals surface area contributed by atoms with E-state index in [9.17, 15) is 13.2 Å². The molecule has 1 unspecified atom stereocenters. The van der Waals surface area contributed by atoms with E-state index in [4.69, 9.17) is 5.73 Å². The highest BCUT2D eigenvalue weighted by Crippen LogP contribution is 2.11. The van der Waals surface area contributed by atoms with Gasteiger partial charge in [0.2, 0.25) is 5.91 Å². The highest BCUT2D eigenvalue weighted by Gasteiger charge is 2.22. The van der Waals surface area contributed by atoms with Crippen LogP contribution in [0, 0.1) is 5.92 Å². The van der Waals surface area contributed by atoms with E-state index in [1.54, 1.807) is 0 Å². The third-order valence-corrected chi connectivity index (χ3v) is 4.12. The SMILES string of the molecule is NC(=O)CCS(=O)(=O)CC1CCNC1. The summed E-state index contributed by atoms with van der Waals surface area (Å²) in [6.45, 7) is 1.64. The number of amides is 1. The maximum Gasteiger partial charge on any atom is 0.218 e. The molecule has 1 aliphatic rings. The quantitative estimate of drug-likeness (QED) is 0.614. The molecule has 1 fully saturated rings. The zero-order valence-electron chi connectivity index (χ0n) is 8.03. The zero-order valence-corrected chi connectivity index (χ0v) is 8.85. The molecule has 1 saturated heterocycles. The van der Waals surface area contributed by atoms with Crippen molar-refractivity contribution in [3.8, 4) is 0 Å². The van der Waals surface area contributed by atoms with Crippen LogP contribution in [-0.2, 0) is 14.6 Å². The highest BCUT2D eigenvalue weighted by molar-refractivity contribution is 7.91. The normalized spacial score (nSPS) is 22.4. The summed E-state index contributed by atoms with van der Waals surface area (Å²) in [5.74, 6) is -0.294. The summed E-state index contributed by atoms with van der Waals surface area (Å²) in [7, 11) is -3.10. The predicted octanol–water partition coefficient (Wildman–Crippen LogP) is -1.11. The van der Waals surface area contributed by atoms with Crippen molar-refractivity contribution in [1.82, 2.24) is 5.32 Å². The number of carbonyl (C=O) groups is 1. The minimum Gasteiger partial charge on any atom is -0.370 e. The molecule has 0 saturated carbocycles. The topological polar surface area (TPSA) is 89.3 Å². The van der Waals surface area contributed by atoms with E-state index >= 15 is 0 Å². The van der Waals surface area contributed by atoms with E-state index in [1.165, 1.54) is 0 Å². The van der Waals surface area contributed by atoms with Gasteiger partial charge in [0, 0.05) is 6.42 Å². The number of primary amides is 1. The van der Waals surface area contributed by atoms with Gasteiger partial charge in [0.25, 0.3) is 0 Å². The van der Waals surface area contributed by atoms with Crippen molar-refractivity contribution in [1.29, 1.82) is 0 Å². The molecule has 1 amide bonds. The fraction of sp³-hybridized carbons (Fsp3) is 0.875. The van der Waals surface area contributed by atoms with Crippen molar-refractivity contribution in [2.24, 2.45) is 11.7 Å². The Morgan fingerprint density at radius 1 is 1.50 bits per heavy atom. The first kappa shape index (κ1) is 11.5. The first-order valence-electron chi connectivity index (χ1n) is 4.69. The van der Waals surface area contributed by atoms with Crippen LogP contribution in [0.15, 0.2) is 0 Å². The van der Waals surface area contributed by atoms with Crippen molar-refractivity contribution in [2.75, 3.05) is 24.6 Å². The number of nitrogens with two attached hydrogens (primary N) is 1. The lowest BCUT2D eigenvalue weighted by molar-refractivity contribution is -0.117. The van der Waals surface area contributed by atoms with Crippen molar-refractivity contribution in [3.63, 3.8) is 0 Å². The summed E-state index contributed by atoms with van der Waals surface area (Å²) >= 11 is 0. The molecular formula is C8H16N2O3S. The number of sulfone groups is 1. The van der Waals surface area contributed by atoms with Gasteiger partial charge in [-0.25, -0.2) is 8.42 Å². The van der Waals surface area contributed by atoms with E-state index in [0.717, 1.165) is 19.5 Å². The molecule has 0 aliphatic carbocycles. The van der Waals surface area contributed by atoms with Crippen molar-refractivity contribution in [3.05, 3.63) is 0 Å². The Bertz CT molecular complexity index is 294. The molecular weight excluding hydrogens is 204 g/mol. The fourth-order valence-electron chi connectivity index (χ4n) is 1.56. The zero-order chi connectivity index (χ0) is 10.6. The summed E-state index contributed by atoms with van der Waals surface area (Å²) in [4.78, 5) is 10.4. The van der Waals surface area contributed by atoms with E-state index < -0.39 is 15.7 Å². The summed E-state index contributed by atoms with van der Waals surface area (Å²) in [6.07, 6.45) is 0.832. The van der Waals surface area contributed by atoms with Crippen LogP contribution in [0.4, 0.5) is 0 Å². The minimum absolute atomic E-state index is 0.0670. The Morgan fingerprint density at radius 2 is 2.21 bits per heavy atom. The van der Waals surface area contributed by atoms with Crippen LogP contribution >= 0.6 is 0 Å². The van der Waals surface area contributed by atoms with Gasteiger partial charge in [-0.05, 0) is 25.4 Å². The summed E-state index contributed by atoms with van der Waals surface area (Å²) in [6, 6.07) is 0. The average Bonchev–Trinajstić information content (AvgIpc) is 2.53. The predicted molar refractivity (Wildman–Crippen MR) is 53.4 cm³/mol. The molecule has 0 aromatic heterocycles. The van der Waals surface area contributed by atoms with Crippen LogP contribution < -0.4 is 11.1 Å². The minimum atomic E-state index is -3.10. The molecule has 5 nitrogen and oxygen atoms in total. The monoisotopic (exact) mass is 220 g/mol. The number of hydrogen-bond acceptors (Lipinski definition) is 4. The molecule has 0 bridgehead atoms. The Balaban J connectivity index is 2.36. The van der Waals surface area contributed by atoms with Crippen LogP contribution in [0.5, 0.6) is 0 Å². The second kappa shape index (κ2) is 4.75. The standard InChI is InChI=1S/C8H16N2O3S/c9-8(11)2-4-14(12,13)6-7-1-3-10-5-7/h7,10H,1-6H2,(H2,9,11). The maximum absolute atomic E-state index is 11.5. The molecule has 0 aromatic rings. The van der Waals surface area contributed by atoms with Gasteiger partial charge in [0.1, 0.15) is 0 Å². The molecule has 1 rings (SSSR count). The van der Waals surface area contributed by atoms with Crippen LogP contribution in [0.1, 0.15) is 12.8 Å². The molecule has 1 aliphatic heterocycles. The largest absolute Gasteiger partial charge is 0.370 e. The van der Waals surface area contributed by atoms with E-state index in [2.05, 4.69) is 5.32 Å². The second-order valence-corrected chi connectivity index (χ2v) is 5.92. The molecule has 0 aromatic carbocycles. The third-order valence-electron chi connectivity index (χ3n) is 2.31. The first-order chi connectivity index (χ1) is 6.49. The second-order valence-electron chi connectivity index (χ2n) is 3.69. The summed E-state index contributed by atoms with van der Waals surface area (Å²) in [5.41, 5.74) is 4.89. The van der Waals surface area contributed by atoms with Crippen molar-refractivity contribution in [2.45, 2.75) is 12.8 Å². The van der Waals surface area contributed by atoms with E-state index in [1.807, 2.05) is 0 Å². The summed E-state index contributed by atoms with van der Waals surface area (Å²) < 4.78 is 22.9. The van der Waals surface area contributed by atoms with Crippen LogP contribution in [0.3, 0.4) is 0 Å². The lowest BCUT2D eigenvalue weighted by atomic mass is 10.2. The molecule has 0 spiro atoms. The van der Waals surface area contributed by atoms with Gasteiger partial charge in [0.05, 0.1) is 11.5 Å². The molecule has 6 heteroatoms. The Labute approximate surface area is 84.0 Å². The van der Waals surface area contributed by atoms with Crippen LogP contribution in [-0.4, -0.2) is 38.9 Å². The molecule has 1 atom stereocenters.